The van der Waals surface area contributed by atoms with Crippen molar-refractivity contribution in [1.82, 2.24) is 19.6 Å². The Kier molecular flexibility index (Phi) is 3.02. The Bertz CT molecular complexity index is 841. The van der Waals surface area contributed by atoms with Gasteiger partial charge in [-0.05, 0) is 25.5 Å². The molecule has 7 nitrogen and oxygen atoms in total. The molecule has 2 heterocycles. The van der Waals surface area contributed by atoms with Crippen LogP contribution in [0.3, 0.4) is 0 Å². The number of aromatic carboxylic acids is 1. The Morgan fingerprint density at radius 1 is 1.33 bits per heavy atom. The summed E-state index contributed by atoms with van der Waals surface area (Å²) in [5.41, 5.74) is 1.52. The molecule has 106 valence electrons. The number of ether oxygens (including phenoxy) is 1. The number of rotatable bonds is 3. The second-order valence-electron chi connectivity index (χ2n) is 4.57. The summed E-state index contributed by atoms with van der Waals surface area (Å²) in [6, 6.07) is 6.64. The minimum Gasteiger partial charge on any atom is -0.478 e. The van der Waals surface area contributed by atoms with Crippen molar-refractivity contribution in [1.29, 1.82) is 0 Å². The van der Waals surface area contributed by atoms with Crippen LogP contribution in [-0.4, -0.2) is 30.7 Å². The zero-order valence-corrected chi connectivity index (χ0v) is 11.4. The standard InChI is InChI=1S/C14H12N4O3/c1-8-4-3-5-10(13(19)20)12(8)21-11-6-9(2)17-14-15-7-16-18(11)14/h3-7H,1-2H3,(H,19,20). The van der Waals surface area contributed by atoms with E-state index in [0.717, 1.165) is 5.56 Å². The zero-order chi connectivity index (χ0) is 15.0. The Labute approximate surface area is 119 Å². The van der Waals surface area contributed by atoms with E-state index in [1.54, 1.807) is 32.0 Å². The van der Waals surface area contributed by atoms with Crippen LogP contribution in [-0.2, 0) is 0 Å². The fourth-order valence-electron chi connectivity index (χ4n) is 2.03. The number of aryl methyl sites for hydroxylation is 2. The molecule has 0 unspecified atom stereocenters. The molecule has 0 aliphatic carbocycles. The van der Waals surface area contributed by atoms with Gasteiger partial charge in [0.15, 0.2) is 0 Å². The van der Waals surface area contributed by atoms with Crippen LogP contribution in [0.15, 0.2) is 30.6 Å². The molecule has 0 bridgehead atoms. The largest absolute Gasteiger partial charge is 0.478 e. The Morgan fingerprint density at radius 2 is 2.14 bits per heavy atom. The molecule has 1 aromatic carbocycles. The van der Waals surface area contributed by atoms with E-state index in [4.69, 9.17) is 4.74 Å². The van der Waals surface area contributed by atoms with E-state index in [0.29, 0.717) is 17.4 Å². The molecule has 7 heteroatoms. The van der Waals surface area contributed by atoms with Crippen molar-refractivity contribution in [3.05, 3.63) is 47.4 Å². The molecule has 0 spiro atoms. The Hall–Kier alpha value is -2.96. The van der Waals surface area contributed by atoms with Crippen molar-refractivity contribution >= 4 is 11.7 Å². The van der Waals surface area contributed by atoms with E-state index in [-0.39, 0.29) is 11.3 Å². The van der Waals surface area contributed by atoms with Gasteiger partial charge in [-0.1, -0.05) is 12.1 Å². The first-order valence-corrected chi connectivity index (χ1v) is 6.24. The van der Waals surface area contributed by atoms with Crippen LogP contribution in [0.25, 0.3) is 5.78 Å². The number of carboxylic acid groups (broad SMARTS) is 1. The van der Waals surface area contributed by atoms with Gasteiger partial charge >= 0.3 is 5.97 Å². The van der Waals surface area contributed by atoms with Gasteiger partial charge in [0.05, 0.1) is 0 Å². The maximum atomic E-state index is 11.3. The van der Waals surface area contributed by atoms with Crippen molar-refractivity contribution in [3.8, 4) is 11.6 Å². The molecule has 0 saturated carbocycles. The highest BCUT2D eigenvalue weighted by atomic mass is 16.5. The van der Waals surface area contributed by atoms with E-state index < -0.39 is 5.97 Å². The highest BCUT2D eigenvalue weighted by molar-refractivity contribution is 5.91. The second-order valence-corrected chi connectivity index (χ2v) is 4.57. The predicted molar refractivity (Wildman–Crippen MR) is 73.7 cm³/mol. The van der Waals surface area contributed by atoms with Gasteiger partial charge in [0.1, 0.15) is 17.6 Å². The lowest BCUT2D eigenvalue weighted by Gasteiger charge is -2.12. The molecule has 21 heavy (non-hydrogen) atoms. The lowest BCUT2D eigenvalue weighted by molar-refractivity contribution is 0.0694. The van der Waals surface area contributed by atoms with Crippen LogP contribution in [0.4, 0.5) is 0 Å². The number of nitrogens with zero attached hydrogens (tertiary/aromatic N) is 4. The van der Waals surface area contributed by atoms with Crippen molar-refractivity contribution in [2.24, 2.45) is 0 Å². The molecule has 0 radical (unpaired) electrons. The number of para-hydroxylation sites is 1. The summed E-state index contributed by atoms with van der Waals surface area (Å²) in [4.78, 5) is 19.5. The summed E-state index contributed by atoms with van der Waals surface area (Å²) in [6.07, 6.45) is 1.37. The minimum atomic E-state index is -1.05. The van der Waals surface area contributed by atoms with Crippen molar-refractivity contribution < 1.29 is 14.6 Å². The third-order valence-electron chi connectivity index (χ3n) is 3.00. The molecule has 0 atom stereocenters. The van der Waals surface area contributed by atoms with Gasteiger partial charge in [-0.3, -0.25) is 0 Å². The Morgan fingerprint density at radius 3 is 2.90 bits per heavy atom. The zero-order valence-electron chi connectivity index (χ0n) is 11.4. The van der Waals surface area contributed by atoms with Crippen molar-refractivity contribution in [2.75, 3.05) is 0 Å². The molecular weight excluding hydrogens is 272 g/mol. The first kappa shape index (κ1) is 13.0. The summed E-state index contributed by atoms with van der Waals surface area (Å²) in [7, 11) is 0. The molecule has 0 aliphatic heterocycles. The van der Waals surface area contributed by atoms with Gasteiger partial charge in [0.2, 0.25) is 5.88 Å². The summed E-state index contributed by atoms with van der Waals surface area (Å²) in [5.74, 6) is 0.00368. The van der Waals surface area contributed by atoms with Crippen LogP contribution < -0.4 is 4.74 Å². The topological polar surface area (TPSA) is 89.6 Å². The van der Waals surface area contributed by atoms with E-state index in [1.165, 1.54) is 16.9 Å². The van der Waals surface area contributed by atoms with E-state index >= 15 is 0 Å². The smallest absolute Gasteiger partial charge is 0.339 e. The molecule has 2 aromatic heterocycles. The highest BCUT2D eigenvalue weighted by Crippen LogP contribution is 2.29. The summed E-state index contributed by atoms with van der Waals surface area (Å²) >= 11 is 0. The third-order valence-corrected chi connectivity index (χ3v) is 3.00. The fraction of sp³-hybridized carbons (Fsp3) is 0.143. The lowest BCUT2D eigenvalue weighted by Crippen LogP contribution is -2.05. The molecule has 0 amide bonds. The fourth-order valence-corrected chi connectivity index (χ4v) is 2.03. The normalized spacial score (nSPS) is 10.8. The third kappa shape index (κ3) is 2.29. The lowest BCUT2D eigenvalue weighted by atomic mass is 10.1. The number of carbonyl (C=O) groups is 1. The number of fused-ring (bicyclic) bond motifs is 1. The van der Waals surface area contributed by atoms with Crippen LogP contribution in [0, 0.1) is 13.8 Å². The van der Waals surface area contributed by atoms with Crippen LogP contribution >= 0.6 is 0 Å². The van der Waals surface area contributed by atoms with Gasteiger partial charge < -0.3 is 9.84 Å². The van der Waals surface area contributed by atoms with Crippen molar-refractivity contribution in [2.45, 2.75) is 13.8 Å². The Balaban J connectivity index is 2.15. The van der Waals surface area contributed by atoms with Crippen LogP contribution in [0.1, 0.15) is 21.6 Å². The van der Waals surface area contributed by atoms with Crippen molar-refractivity contribution in [3.63, 3.8) is 0 Å². The average Bonchev–Trinajstić information content (AvgIpc) is 2.88. The van der Waals surface area contributed by atoms with Gasteiger partial charge in [0.25, 0.3) is 5.78 Å². The number of carboxylic acids is 1. The highest BCUT2D eigenvalue weighted by Gasteiger charge is 2.16. The van der Waals surface area contributed by atoms with E-state index in [1.807, 2.05) is 0 Å². The molecule has 3 aromatic rings. The average molecular weight is 284 g/mol. The second kappa shape index (κ2) is 4.86. The number of benzene rings is 1. The van der Waals surface area contributed by atoms with Gasteiger partial charge in [-0.15, -0.1) is 0 Å². The molecule has 1 N–H and O–H groups in total. The maximum Gasteiger partial charge on any atom is 0.339 e. The van der Waals surface area contributed by atoms with Gasteiger partial charge in [-0.2, -0.15) is 14.6 Å². The summed E-state index contributed by atoms with van der Waals surface area (Å²) in [5, 5.41) is 13.3. The number of aromatic nitrogens is 4. The monoisotopic (exact) mass is 284 g/mol. The molecular formula is C14H12N4O3. The molecule has 0 aliphatic rings. The molecule has 0 saturated heterocycles. The quantitative estimate of drug-likeness (QED) is 0.793. The first-order valence-electron chi connectivity index (χ1n) is 6.24. The maximum absolute atomic E-state index is 11.3. The van der Waals surface area contributed by atoms with E-state index in [2.05, 4.69) is 15.1 Å². The van der Waals surface area contributed by atoms with Crippen LogP contribution in [0.5, 0.6) is 11.6 Å². The summed E-state index contributed by atoms with van der Waals surface area (Å²) in [6.45, 7) is 3.59. The molecule has 3 rings (SSSR count). The molecule has 0 fully saturated rings. The first-order chi connectivity index (χ1) is 10.1. The van der Waals surface area contributed by atoms with Crippen LogP contribution in [0.2, 0.25) is 0 Å². The predicted octanol–water partition coefficient (Wildman–Crippen LogP) is 2.23. The number of hydrogen-bond acceptors (Lipinski definition) is 5. The van der Waals surface area contributed by atoms with E-state index in [9.17, 15) is 9.90 Å². The minimum absolute atomic E-state index is 0.0951. The SMILES string of the molecule is Cc1cc(Oc2c(C)cccc2C(=O)O)n2ncnc2n1. The van der Waals surface area contributed by atoms with Gasteiger partial charge in [-0.25, -0.2) is 9.78 Å². The number of hydrogen-bond donors (Lipinski definition) is 1. The van der Waals surface area contributed by atoms with Gasteiger partial charge in [0, 0.05) is 11.8 Å². The summed E-state index contributed by atoms with van der Waals surface area (Å²) < 4.78 is 7.22.